The van der Waals surface area contributed by atoms with Crippen molar-refractivity contribution in [2.24, 2.45) is 4.99 Å². The molecule has 0 fully saturated rings. The smallest absolute Gasteiger partial charge is 0.230 e. The van der Waals surface area contributed by atoms with Gasteiger partial charge in [-0.15, -0.1) is 0 Å². The first-order valence-corrected chi connectivity index (χ1v) is 9.05. The quantitative estimate of drug-likeness (QED) is 0.733. The molecule has 0 spiro atoms. The highest BCUT2D eigenvalue weighted by Crippen LogP contribution is 2.26. The standard InChI is InChI=1S/C21H21N5O2/c1-12-4-9-16-13(2)22-20(24-18(16)10-12)26-21-23-17(11-19(27)25-21)14-5-7-15(28-3)8-6-14/h4-10,17H,11H2,1-3H3,(H2,22,23,24,25,26,27)/t17-/m0/s1. The Labute approximate surface area is 162 Å². The second-order valence-corrected chi connectivity index (χ2v) is 6.80. The molecule has 1 aromatic heterocycles. The average Bonchev–Trinajstić information content (AvgIpc) is 2.67. The van der Waals surface area contributed by atoms with E-state index < -0.39 is 0 Å². The van der Waals surface area contributed by atoms with Crippen molar-refractivity contribution in [2.45, 2.75) is 26.3 Å². The predicted molar refractivity (Wildman–Crippen MR) is 109 cm³/mol. The summed E-state index contributed by atoms with van der Waals surface area (Å²) in [6, 6.07) is 13.4. The maximum atomic E-state index is 12.2. The Balaban J connectivity index is 1.63. The zero-order valence-electron chi connectivity index (χ0n) is 16.0. The van der Waals surface area contributed by atoms with Crippen LogP contribution in [-0.2, 0) is 4.79 Å². The third-order valence-corrected chi connectivity index (χ3v) is 4.70. The minimum atomic E-state index is -0.272. The van der Waals surface area contributed by atoms with Crippen LogP contribution in [0.5, 0.6) is 5.75 Å². The second kappa shape index (κ2) is 7.26. The SMILES string of the molecule is COc1ccc([C@@H]2CC(=O)NC(Nc3nc(C)c4ccc(C)cc4n3)=N2)cc1. The molecule has 2 N–H and O–H groups in total. The lowest BCUT2D eigenvalue weighted by Gasteiger charge is -2.21. The van der Waals surface area contributed by atoms with E-state index in [2.05, 4.69) is 25.6 Å². The first-order valence-electron chi connectivity index (χ1n) is 9.05. The summed E-state index contributed by atoms with van der Waals surface area (Å²) in [5.74, 6) is 1.42. The van der Waals surface area contributed by atoms with Gasteiger partial charge in [0, 0.05) is 5.39 Å². The number of nitrogens with zero attached hydrogens (tertiary/aromatic N) is 3. The summed E-state index contributed by atoms with van der Waals surface area (Å²) in [4.78, 5) is 25.9. The molecular formula is C21H21N5O2. The summed E-state index contributed by atoms with van der Waals surface area (Å²) in [6.45, 7) is 3.96. The number of aliphatic imine (C=N–C) groups is 1. The van der Waals surface area contributed by atoms with Crippen LogP contribution in [0.2, 0.25) is 0 Å². The maximum Gasteiger partial charge on any atom is 0.230 e. The van der Waals surface area contributed by atoms with Crippen LogP contribution in [0.1, 0.15) is 29.3 Å². The van der Waals surface area contributed by atoms with Gasteiger partial charge >= 0.3 is 0 Å². The molecule has 0 saturated carbocycles. The zero-order valence-corrected chi connectivity index (χ0v) is 16.0. The number of benzene rings is 2. The monoisotopic (exact) mass is 375 g/mol. The van der Waals surface area contributed by atoms with Crippen LogP contribution in [-0.4, -0.2) is 28.9 Å². The Morgan fingerprint density at radius 2 is 1.89 bits per heavy atom. The molecule has 0 saturated heterocycles. The van der Waals surface area contributed by atoms with E-state index in [0.717, 1.165) is 33.5 Å². The van der Waals surface area contributed by atoms with Crippen molar-refractivity contribution in [3.8, 4) is 5.75 Å². The molecular weight excluding hydrogens is 354 g/mol. The zero-order chi connectivity index (χ0) is 19.7. The Hall–Kier alpha value is -3.48. The van der Waals surface area contributed by atoms with Gasteiger partial charge in [-0.05, 0) is 43.2 Å². The van der Waals surface area contributed by atoms with Crippen molar-refractivity contribution in [1.82, 2.24) is 15.3 Å². The number of methoxy groups -OCH3 is 1. The minimum Gasteiger partial charge on any atom is -0.497 e. The number of hydrogen-bond donors (Lipinski definition) is 2. The van der Waals surface area contributed by atoms with Crippen LogP contribution in [0, 0.1) is 13.8 Å². The molecule has 0 radical (unpaired) electrons. The number of aromatic nitrogens is 2. The molecule has 2 heterocycles. The molecule has 7 heteroatoms. The number of hydrogen-bond acceptors (Lipinski definition) is 6. The van der Waals surface area contributed by atoms with Crippen molar-refractivity contribution < 1.29 is 9.53 Å². The third kappa shape index (κ3) is 3.64. The van der Waals surface area contributed by atoms with E-state index in [-0.39, 0.29) is 18.4 Å². The van der Waals surface area contributed by atoms with Gasteiger partial charge in [0.25, 0.3) is 0 Å². The van der Waals surface area contributed by atoms with Gasteiger partial charge in [-0.1, -0.05) is 24.3 Å². The molecule has 0 aliphatic carbocycles. The van der Waals surface area contributed by atoms with E-state index in [0.29, 0.717) is 11.9 Å². The summed E-state index contributed by atoms with van der Waals surface area (Å²) < 4.78 is 5.19. The van der Waals surface area contributed by atoms with Gasteiger partial charge < -0.3 is 4.74 Å². The Bertz CT molecular complexity index is 1080. The molecule has 1 aliphatic rings. The lowest BCUT2D eigenvalue weighted by Crippen LogP contribution is -2.40. The van der Waals surface area contributed by atoms with Gasteiger partial charge in [-0.25, -0.2) is 15.0 Å². The van der Waals surface area contributed by atoms with Gasteiger partial charge in [-0.2, -0.15) is 0 Å². The van der Waals surface area contributed by atoms with E-state index in [1.54, 1.807) is 7.11 Å². The van der Waals surface area contributed by atoms with Crippen LogP contribution >= 0.6 is 0 Å². The first kappa shape index (κ1) is 17.9. The number of carbonyl (C=O) groups excluding carboxylic acids is 1. The normalized spacial score (nSPS) is 16.5. The molecule has 7 nitrogen and oxygen atoms in total. The summed E-state index contributed by atoms with van der Waals surface area (Å²) in [5.41, 5.74) is 3.78. The van der Waals surface area contributed by atoms with Gasteiger partial charge in [0.2, 0.25) is 17.8 Å². The molecule has 1 aliphatic heterocycles. The van der Waals surface area contributed by atoms with Crippen molar-refractivity contribution >= 4 is 28.7 Å². The molecule has 1 amide bonds. The number of nitrogens with one attached hydrogen (secondary N) is 2. The fraction of sp³-hybridized carbons (Fsp3) is 0.238. The number of carbonyl (C=O) groups is 1. The van der Waals surface area contributed by atoms with Crippen molar-refractivity contribution in [3.63, 3.8) is 0 Å². The Morgan fingerprint density at radius 3 is 2.64 bits per heavy atom. The molecule has 142 valence electrons. The topological polar surface area (TPSA) is 88.5 Å². The number of amides is 1. The molecule has 4 rings (SSSR count). The lowest BCUT2D eigenvalue weighted by molar-refractivity contribution is -0.120. The highest BCUT2D eigenvalue weighted by Gasteiger charge is 2.23. The fourth-order valence-corrected chi connectivity index (χ4v) is 3.23. The van der Waals surface area contributed by atoms with Crippen LogP contribution in [0.4, 0.5) is 5.95 Å². The molecule has 1 atom stereocenters. The van der Waals surface area contributed by atoms with Crippen LogP contribution in [0.25, 0.3) is 10.9 Å². The van der Waals surface area contributed by atoms with Crippen molar-refractivity contribution in [3.05, 3.63) is 59.3 Å². The number of rotatable bonds is 3. The van der Waals surface area contributed by atoms with Crippen LogP contribution in [0.3, 0.4) is 0 Å². The van der Waals surface area contributed by atoms with Crippen LogP contribution in [0.15, 0.2) is 47.5 Å². The molecule has 28 heavy (non-hydrogen) atoms. The third-order valence-electron chi connectivity index (χ3n) is 4.70. The highest BCUT2D eigenvalue weighted by atomic mass is 16.5. The fourth-order valence-electron chi connectivity index (χ4n) is 3.23. The van der Waals surface area contributed by atoms with E-state index >= 15 is 0 Å². The summed E-state index contributed by atoms with van der Waals surface area (Å²) in [7, 11) is 1.62. The number of guanidine groups is 1. The second-order valence-electron chi connectivity index (χ2n) is 6.80. The van der Waals surface area contributed by atoms with E-state index in [4.69, 9.17) is 4.74 Å². The summed E-state index contributed by atoms with van der Waals surface area (Å²) >= 11 is 0. The van der Waals surface area contributed by atoms with E-state index in [1.165, 1.54) is 0 Å². The first-order chi connectivity index (χ1) is 13.5. The van der Waals surface area contributed by atoms with Gasteiger partial charge in [0.1, 0.15) is 5.75 Å². The van der Waals surface area contributed by atoms with E-state index in [9.17, 15) is 4.79 Å². The molecule has 0 bridgehead atoms. The average molecular weight is 375 g/mol. The molecule has 2 aromatic carbocycles. The summed E-state index contributed by atoms with van der Waals surface area (Å²) in [6.07, 6.45) is 0.286. The molecule has 3 aromatic rings. The van der Waals surface area contributed by atoms with Crippen LogP contribution < -0.4 is 15.4 Å². The van der Waals surface area contributed by atoms with E-state index in [1.807, 2.05) is 56.3 Å². The number of aryl methyl sites for hydroxylation is 2. The van der Waals surface area contributed by atoms with Gasteiger partial charge in [0.05, 0.1) is 30.8 Å². The van der Waals surface area contributed by atoms with Gasteiger partial charge in [0.15, 0.2) is 0 Å². The molecule has 0 unspecified atom stereocenters. The maximum absolute atomic E-state index is 12.2. The number of ether oxygens (including phenoxy) is 1. The largest absolute Gasteiger partial charge is 0.497 e. The Morgan fingerprint density at radius 1 is 1.11 bits per heavy atom. The summed E-state index contributed by atoms with van der Waals surface area (Å²) in [5, 5.41) is 6.82. The predicted octanol–water partition coefficient (Wildman–Crippen LogP) is 3.28. The highest BCUT2D eigenvalue weighted by molar-refractivity contribution is 6.05. The number of fused-ring (bicyclic) bond motifs is 1. The number of anilines is 1. The van der Waals surface area contributed by atoms with Gasteiger partial charge in [-0.3, -0.25) is 15.4 Å². The minimum absolute atomic E-state index is 0.105. The van der Waals surface area contributed by atoms with Crippen molar-refractivity contribution in [2.75, 3.05) is 12.4 Å². The lowest BCUT2D eigenvalue weighted by atomic mass is 10.0. The van der Waals surface area contributed by atoms with Crippen molar-refractivity contribution in [1.29, 1.82) is 0 Å². The Kier molecular flexibility index (Phi) is 4.65.